The van der Waals surface area contributed by atoms with Crippen molar-refractivity contribution in [3.8, 4) is 0 Å². The zero-order chi connectivity index (χ0) is 14.3. The first-order valence-corrected chi connectivity index (χ1v) is 7.37. The molecule has 2 amide bonds. The Kier molecular flexibility index (Phi) is 6.84. The van der Waals surface area contributed by atoms with E-state index in [4.69, 9.17) is 0 Å². The van der Waals surface area contributed by atoms with Gasteiger partial charge < -0.3 is 15.1 Å². The summed E-state index contributed by atoms with van der Waals surface area (Å²) in [5, 5.41) is 3.51. The van der Waals surface area contributed by atoms with E-state index in [2.05, 4.69) is 19.2 Å². The van der Waals surface area contributed by atoms with E-state index in [1.807, 2.05) is 0 Å². The second-order valence-corrected chi connectivity index (χ2v) is 5.22. The third kappa shape index (κ3) is 4.82. The second kappa shape index (κ2) is 8.15. The number of likely N-dealkylation sites (N-methyl/N-ethyl adjacent to an activating group) is 1. The van der Waals surface area contributed by atoms with Crippen molar-refractivity contribution in [1.29, 1.82) is 0 Å². The van der Waals surface area contributed by atoms with Crippen molar-refractivity contribution < 1.29 is 9.59 Å². The van der Waals surface area contributed by atoms with Crippen LogP contribution in [0.15, 0.2) is 0 Å². The van der Waals surface area contributed by atoms with E-state index in [9.17, 15) is 9.59 Å². The summed E-state index contributed by atoms with van der Waals surface area (Å²) in [6.07, 6.45) is 4.26. The van der Waals surface area contributed by atoms with Gasteiger partial charge in [0.1, 0.15) is 0 Å². The summed E-state index contributed by atoms with van der Waals surface area (Å²) in [6.45, 7) is 7.40. The Balaban J connectivity index is 2.28. The highest BCUT2D eigenvalue weighted by atomic mass is 16.2. The van der Waals surface area contributed by atoms with E-state index in [0.29, 0.717) is 25.7 Å². The smallest absolute Gasteiger partial charge is 0.312 e. The van der Waals surface area contributed by atoms with E-state index < -0.39 is 0 Å². The topological polar surface area (TPSA) is 52.6 Å². The lowest BCUT2D eigenvalue weighted by atomic mass is 10.1. The highest BCUT2D eigenvalue weighted by Crippen LogP contribution is 2.07. The van der Waals surface area contributed by atoms with Gasteiger partial charge in [-0.2, -0.15) is 0 Å². The summed E-state index contributed by atoms with van der Waals surface area (Å²) in [7, 11) is 1.68. The standard InChI is InChI=1S/C14H27N3O2/c1-4-8-15-12(5-2)7-6-9-17-11-10-16(3)13(18)14(17)19/h12,15H,4-11H2,1-3H3. The molecule has 1 atom stereocenters. The Labute approximate surface area is 116 Å². The van der Waals surface area contributed by atoms with Crippen molar-refractivity contribution in [1.82, 2.24) is 15.1 Å². The average molecular weight is 269 g/mol. The third-order valence-corrected chi connectivity index (χ3v) is 3.68. The molecule has 0 aromatic rings. The Morgan fingerprint density at radius 1 is 1.21 bits per heavy atom. The number of piperazine rings is 1. The molecule has 0 aliphatic carbocycles. The van der Waals surface area contributed by atoms with Gasteiger partial charge in [-0.25, -0.2) is 0 Å². The molecule has 0 aromatic heterocycles. The minimum absolute atomic E-state index is 0.344. The molecule has 1 saturated heterocycles. The van der Waals surface area contributed by atoms with E-state index in [0.717, 1.165) is 32.2 Å². The number of nitrogens with zero attached hydrogens (tertiary/aromatic N) is 2. The number of hydrogen-bond donors (Lipinski definition) is 1. The maximum atomic E-state index is 11.8. The molecule has 0 spiro atoms. The van der Waals surface area contributed by atoms with Crippen LogP contribution < -0.4 is 5.32 Å². The van der Waals surface area contributed by atoms with Gasteiger partial charge in [0.15, 0.2) is 0 Å². The molecule has 1 heterocycles. The molecular formula is C14H27N3O2. The van der Waals surface area contributed by atoms with E-state index in [-0.39, 0.29) is 11.8 Å². The molecule has 1 aliphatic heterocycles. The van der Waals surface area contributed by atoms with Crippen LogP contribution in [-0.2, 0) is 9.59 Å². The summed E-state index contributed by atoms with van der Waals surface area (Å²) in [4.78, 5) is 26.5. The first-order chi connectivity index (χ1) is 9.10. The Morgan fingerprint density at radius 2 is 1.95 bits per heavy atom. The van der Waals surface area contributed by atoms with Crippen molar-refractivity contribution in [2.24, 2.45) is 0 Å². The molecule has 0 saturated carbocycles. The van der Waals surface area contributed by atoms with Crippen molar-refractivity contribution in [2.45, 2.75) is 45.6 Å². The quantitative estimate of drug-likeness (QED) is 0.665. The van der Waals surface area contributed by atoms with Crippen LogP contribution in [0.4, 0.5) is 0 Å². The van der Waals surface area contributed by atoms with Crippen molar-refractivity contribution in [2.75, 3.05) is 33.2 Å². The van der Waals surface area contributed by atoms with E-state index in [1.54, 1.807) is 11.9 Å². The Hall–Kier alpha value is -1.10. The minimum Gasteiger partial charge on any atom is -0.336 e. The average Bonchev–Trinajstić information content (AvgIpc) is 2.42. The van der Waals surface area contributed by atoms with Gasteiger partial charge in [0.25, 0.3) is 0 Å². The largest absolute Gasteiger partial charge is 0.336 e. The molecule has 5 heteroatoms. The lowest BCUT2D eigenvalue weighted by Gasteiger charge is -2.31. The fourth-order valence-corrected chi connectivity index (χ4v) is 2.31. The molecule has 5 nitrogen and oxygen atoms in total. The van der Waals surface area contributed by atoms with E-state index in [1.165, 1.54) is 4.90 Å². The van der Waals surface area contributed by atoms with Gasteiger partial charge in [-0.15, -0.1) is 0 Å². The molecule has 0 radical (unpaired) electrons. The van der Waals surface area contributed by atoms with Crippen LogP contribution in [0.2, 0.25) is 0 Å². The molecule has 1 fully saturated rings. The van der Waals surface area contributed by atoms with Crippen molar-refractivity contribution >= 4 is 11.8 Å². The second-order valence-electron chi connectivity index (χ2n) is 5.22. The maximum Gasteiger partial charge on any atom is 0.312 e. The van der Waals surface area contributed by atoms with E-state index >= 15 is 0 Å². The Bertz CT molecular complexity index is 307. The number of carbonyl (C=O) groups is 2. The van der Waals surface area contributed by atoms with Gasteiger partial charge in [0.05, 0.1) is 0 Å². The third-order valence-electron chi connectivity index (χ3n) is 3.68. The lowest BCUT2D eigenvalue weighted by Crippen LogP contribution is -2.53. The van der Waals surface area contributed by atoms with Gasteiger partial charge in [-0.1, -0.05) is 13.8 Å². The highest BCUT2D eigenvalue weighted by Gasteiger charge is 2.29. The van der Waals surface area contributed by atoms with Crippen LogP contribution in [0.5, 0.6) is 0 Å². The molecule has 0 aromatic carbocycles. The predicted molar refractivity (Wildman–Crippen MR) is 75.8 cm³/mol. The van der Waals surface area contributed by atoms with Crippen molar-refractivity contribution in [3.63, 3.8) is 0 Å². The van der Waals surface area contributed by atoms with Crippen molar-refractivity contribution in [3.05, 3.63) is 0 Å². The number of carbonyl (C=O) groups excluding carboxylic acids is 2. The molecule has 1 rings (SSSR count). The van der Waals surface area contributed by atoms with Crippen LogP contribution in [0.3, 0.4) is 0 Å². The van der Waals surface area contributed by atoms with Gasteiger partial charge in [-0.3, -0.25) is 9.59 Å². The summed E-state index contributed by atoms with van der Waals surface area (Å²) in [5.74, 6) is -0.717. The van der Waals surface area contributed by atoms with Crippen LogP contribution in [0.25, 0.3) is 0 Å². The predicted octanol–water partition coefficient (Wildman–Crippen LogP) is 0.845. The molecular weight excluding hydrogens is 242 g/mol. The highest BCUT2D eigenvalue weighted by molar-refractivity contribution is 6.35. The van der Waals surface area contributed by atoms with Crippen LogP contribution >= 0.6 is 0 Å². The number of amides is 2. The fraction of sp³-hybridized carbons (Fsp3) is 0.857. The zero-order valence-electron chi connectivity index (χ0n) is 12.4. The van der Waals surface area contributed by atoms with Gasteiger partial charge in [0.2, 0.25) is 0 Å². The summed E-state index contributed by atoms with van der Waals surface area (Å²) in [6, 6.07) is 0.526. The number of hydrogen-bond acceptors (Lipinski definition) is 3. The SMILES string of the molecule is CCCNC(CC)CCCN1CCN(C)C(=O)C1=O. The van der Waals surface area contributed by atoms with Gasteiger partial charge in [-0.05, 0) is 32.2 Å². The molecule has 1 N–H and O–H groups in total. The van der Waals surface area contributed by atoms with Gasteiger partial charge in [0, 0.05) is 32.7 Å². The van der Waals surface area contributed by atoms with Gasteiger partial charge >= 0.3 is 11.8 Å². The summed E-state index contributed by atoms with van der Waals surface area (Å²) >= 11 is 0. The van der Waals surface area contributed by atoms with Crippen LogP contribution in [-0.4, -0.2) is 60.9 Å². The molecule has 19 heavy (non-hydrogen) atoms. The molecule has 1 aliphatic rings. The number of rotatable bonds is 8. The molecule has 0 bridgehead atoms. The van der Waals surface area contributed by atoms with Crippen LogP contribution in [0, 0.1) is 0 Å². The fourth-order valence-electron chi connectivity index (χ4n) is 2.31. The first-order valence-electron chi connectivity index (χ1n) is 7.37. The summed E-state index contributed by atoms with van der Waals surface area (Å²) < 4.78 is 0. The number of nitrogens with one attached hydrogen (secondary N) is 1. The Morgan fingerprint density at radius 3 is 2.58 bits per heavy atom. The minimum atomic E-state index is -0.373. The first kappa shape index (κ1) is 16.0. The normalized spacial score (nSPS) is 18.1. The lowest BCUT2D eigenvalue weighted by molar-refractivity contribution is -0.154. The molecule has 1 unspecified atom stereocenters. The van der Waals surface area contributed by atoms with Crippen LogP contribution in [0.1, 0.15) is 39.5 Å². The zero-order valence-corrected chi connectivity index (χ0v) is 12.4. The summed E-state index contributed by atoms with van der Waals surface area (Å²) in [5.41, 5.74) is 0. The monoisotopic (exact) mass is 269 g/mol. The molecule has 110 valence electrons. The maximum absolute atomic E-state index is 11.8.